The highest BCUT2D eigenvalue weighted by Gasteiger charge is 2.18. The summed E-state index contributed by atoms with van der Waals surface area (Å²) in [5.74, 6) is -2.23. The largest absolute Gasteiger partial charge is 0.493 e. The molecule has 1 rings (SSSR count). The Bertz CT molecular complexity index is 344. The molecule has 3 N–H and O–H groups in total. The second-order valence-electron chi connectivity index (χ2n) is 3.10. The Kier molecular flexibility index (Phi) is 3.99. The summed E-state index contributed by atoms with van der Waals surface area (Å²) in [5, 5.41) is 8.70. The summed E-state index contributed by atoms with van der Waals surface area (Å²) >= 11 is 0. The molecule has 0 aliphatic rings. The minimum Gasteiger partial charge on any atom is -0.493 e. The Labute approximate surface area is 86.5 Å². The minimum atomic E-state index is -1.05. The summed E-state index contributed by atoms with van der Waals surface area (Å²) in [5.41, 5.74) is 6.02. The van der Waals surface area contributed by atoms with Crippen molar-refractivity contribution in [1.82, 2.24) is 0 Å². The number of hydrogen-bond donors (Lipinski definition) is 2. The van der Waals surface area contributed by atoms with Crippen LogP contribution in [0.4, 0.5) is 8.78 Å². The molecule has 0 radical (unpaired) electrons. The molecule has 1 aromatic carbocycles. The maximum atomic E-state index is 13.2. The van der Waals surface area contributed by atoms with Gasteiger partial charge in [0.1, 0.15) is 0 Å². The number of ether oxygens (including phenoxy) is 1. The summed E-state index contributed by atoms with van der Waals surface area (Å²) in [4.78, 5) is 0. The predicted molar refractivity (Wildman–Crippen MR) is 51.5 cm³/mol. The molecule has 0 fully saturated rings. The Morgan fingerprint density at radius 3 is 2.67 bits per heavy atom. The van der Waals surface area contributed by atoms with Crippen LogP contribution in [0.1, 0.15) is 18.0 Å². The third-order valence-electron chi connectivity index (χ3n) is 2.12. The first kappa shape index (κ1) is 11.9. The van der Waals surface area contributed by atoms with Crippen LogP contribution in [-0.4, -0.2) is 18.8 Å². The molecule has 0 aliphatic carbocycles. The van der Waals surface area contributed by atoms with Crippen LogP contribution in [0.15, 0.2) is 12.1 Å². The first-order chi connectivity index (χ1) is 7.11. The van der Waals surface area contributed by atoms with Crippen molar-refractivity contribution < 1.29 is 18.6 Å². The van der Waals surface area contributed by atoms with E-state index in [4.69, 9.17) is 15.6 Å². The van der Waals surface area contributed by atoms with Gasteiger partial charge in [-0.1, -0.05) is 6.07 Å². The van der Waals surface area contributed by atoms with Crippen molar-refractivity contribution in [2.24, 2.45) is 5.73 Å². The zero-order valence-corrected chi connectivity index (χ0v) is 8.34. The highest BCUT2D eigenvalue weighted by molar-refractivity contribution is 5.37. The van der Waals surface area contributed by atoms with Gasteiger partial charge in [-0.05, 0) is 12.5 Å². The van der Waals surface area contributed by atoms with E-state index in [1.165, 1.54) is 13.2 Å². The lowest BCUT2D eigenvalue weighted by molar-refractivity contribution is 0.274. The molecule has 1 aromatic rings. The topological polar surface area (TPSA) is 55.5 Å². The summed E-state index contributed by atoms with van der Waals surface area (Å²) in [6, 6.07) is 1.78. The van der Waals surface area contributed by atoms with Crippen molar-refractivity contribution in [3.63, 3.8) is 0 Å². The summed E-state index contributed by atoms with van der Waals surface area (Å²) in [7, 11) is 1.24. The first-order valence-corrected chi connectivity index (χ1v) is 4.50. The van der Waals surface area contributed by atoms with E-state index in [2.05, 4.69) is 0 Å². The predicted octanol–water partition coefficient (Wildman–Crippen LogP) is 1.36. The van der Waals surface area contributed by atoms with Crippen molar-refractivity contribution in [2.75, 3.05) is 13.7 Å². The van der Waals surface area contributed by atoms with Crippen LogP contribution in [-0.2, 0) is 0 Å². The number of nitrogens with two attached hydrogens (primary N) is 1. The monoisotopic (exact) mass is 217 g/mol. The van der Waals surface area contributed by atoms with Crippen molar-refractivity contribution >= 4 is 0 Å². The normalized spacial score (nSPS) is 12.6. The summed E-state index contributed by atoms with van der Waals surface area (Å²) < 4.78 is 30.8. The molecule has 0 saturated heterocycles. The Morgan fingerprint density at radius 1 is 1.47 bits per heavy atom. The van der Waals surface area contributed by atoms with E-state index in [1.54, 1.807) is 0 Å². The van der Waals surface area contributed by atoms with Crippen LogP contribution in [0.2, 0.25) is 0 Å². The zero-order chi connectivity index (χ0) is 11.4. The lowest BCUT2D eigenvalue weighted by Crippen LogP contribution is -2.14. The maximum absolute atomic E-state index is 13.2. The van der Waals surface area contributed by atoms with Crippen molar-refractivity contribution in [3.8, 4) is 5.75 Å². The average Bonchev–Trinajstić information content (AvgIpc) is 2.22. The number of hydrogen-bond acceptors (Lipinski definition) is 3. The van der Waals surface area contributed by atoms with E-state index in [-0.39, 0.29) is 18.8 Å². The number of aliphatic hydroxyl groups excluding tert-OH is 1. The van der Waals surface area contributed by atoms with Gasteiger partial charge in [0.15, 0.2) is 11.6 Å². The molecule has 0 aromatic heterocycles. The molecule has 0 spiro atoms. The summed E-state index contributed by atoms with van der Waals surface area (Å²) in [6.45, 7) is -0.122. The lowest BCUT2D eigenvalue weighted by Gasteiger charge is -2.15. The SMILES string of the molecule is COc1c(C(N)CCO)ccc(F)c1F. The van der Waals surface area contributed by atoms with Crippen molar-refractivity contribution in [1.29, 1.82) is 0 Å². The van der Waals surface area contributed by atoms with E-state index in [0.29, 0.717) is 5.56 Å². The number of methoxy groups -OCH3 is 1. The summed E-state index contributed by atoms with van der Waals surface area (Å²) in [6.07, 6.45) is 0.265. The van der Waals surface area contributed by atoms with E-state index in [1.807, 2.05) is 0 Å². The smallest absolute Gasteiger partial charge is 0.200 e. The fourth-order valence-electron chi connectivity index (χ4n) is 1.34. The van der Waals surface area contributed by atoms with Crippen LogP contribution < -0.4 is 10.5 Å². The Balaban J connectivity index is 3.12. The number of aliphatic hydroxyl groups is 1. The third kappa shape index (κ3) is 2.43. The maximum Gasteiger partial charge on any atom is 0.200 e. The quantitative estimate of drug-likeness (QED) is 0.800. The Hall–Kier alpha value is -1.20. The minimum absolute atomic E-state index is 0.122. The highest BCUT2D eigenvalue weighted by Crippen LogP contribution is 2.29. The first-order valence-electron chi connectivity index (χ1n) is 4.50. The third-order valence-corrected chi connectivity index (χ3v) is 2.12. The number of rotatable bonds is 4. The van der Waals surface area contributed by atoms with Crippen molar-refractivity contribution in [3.05, 3.63) is 29.3 Å². The molecule has 0 bridgehead atoms. The standard InChI is InChI=1S/C10H13F2NO2/c1-15-10-6(8(13)4-5-14)2-3-7(11)9(10)12/h2-3,8,14H,4-5,13H2,1H3. The van der Waals surface area contributed by atoms with E-state index in [0.717, 1.165) is 6.07 Å². The van der Waals surface area contributed by atoms with Gasteiger partial charge < -0.3 is 15.6 Å². The van der Waals surface area contributed by atoms with Gasteiger partial charge in [0, 0.05) is 18.2 Å². The molecular weight excluding hydrogens is 204 g/mol. The highest BCUT2D eigenvalue weighted by atomic mass is 19.2. The molecule has 0 heterocycles. The van der Waals surface area contributed by atoms with Crippen LogP contribution >= 0.6 is 0 Å². The molecule has 0 amide bonds. The number of halogens is 2. The molecule has 0 saturated carbocycles. The van der Waals surface area contributed by atoms with Gasteiger partial charge in [-0.3, -0.25) is 0 Å². The molecule has 3 nitrogen and oxygen atoms in total. The fourth-order valence-corrected chi connectivity index (χ4v) is 1.34. The molecular formula is C10H13F2NO2. The van der Waals surface area contributed by atoms with Gasteiger partial charge in [-0.25, -0.2) is 4.39 Å². The van der Waals surface area contributed by atoms with E-state index in [9.17, 15) is 8.78 Å². The molecule has 5 heteroatoms. The average molecular weight is 217 g/mol. The van der Waals surface area contributed by atoms with Gasteiger partial charge >= 0.3 is 0 Å². The van der Waals surface area contributed by atoms with Crippen LogP contribution in [0, 0.1) is 11.6 Å². The second kappa shape index (κ2) is 5.04. The number of benzene rings is 1. The van der Waals surface area contributed by atoms with Gasteiger partial charge in [-0.2, -0.15) is 4.39 Å². The fraction of sp³-hybridized carbons (Fsp3) is 0.400. The second-order valence-corrected chi connectivity index (χ2v) is 3.10. The van der Waals surface area contributed by atoms with E-state index < -0.39 is 17.7 Å². The van der Waals surface area contributed by atoms with Crippen molar-refractivity contribution in [2.45, 2.75) is 12.5 Å². The van der Waals surface area contributed by atoms with E-state index >= 15 is 0 Å². The Morgan fingerprint density at radius 2 is 2.13 bits per heavy atom. The van der Waals surface area contributed by atoms with Crippen LogP contribution in [0.3, 0.4) is 0 Å². The molecule has 1 unspecified atom stereocenters. The molecule has 84 valence electrons. The van der Waals surface area contributed by atoms with Crippen LogP contribution in [0.5, 0.6) is 5.75 Å². The lowest BCUT2D eigenvalue weighted by atomic mass is 10.0. The van der Waals surface area contributed by atoms with Gasteiger partial charge in [0.05, 0.1) is 7.11 Å². The van der Waals surface area contributed by atoms with Gasteiger partial charge in [0.2, 0.25) is 5.82 Å². The molecule has 0 aliphatic heterocycles. The molecule has 15 heavy (non-hydrogen) atoms. The van der Waals surface area contributed by atoms with Gasteiger partial charge in [-0.15, -0.1) is 0 Å². The zero-order valence-electron chi connectivity index (χ0n) is 8.34. The molecule has 1 atom stereocenters. The van der Waals surface area contributed by atoms with Crippen LogP contribution in [0.25, 0.3) is 0 Å². The van der Waals surface area contributed by atoms with Gasteiger partial charge in [0.25, 0.3) is 0 Å².